The largest absolute Gasteiger partial charge is 1.00 e. The van der Waals surface area contributed by atoms with Crippen molar-refractivity contribution in [3.63, 3.8) is 0 Å². The van der Waals surface area contributed by atoms with Crippen molar-refractivity contribution in [3.05, 3.63) is 0 Å². The third-order valence-corrected chi connectivity index (χ3v) is 0. The van der Waals surface area contributed by atoms with Gasteiger partial charge in [0.2, 0.25) is 0 Å². The first-order chi connectivity index (χ1) is 0. The zero-order chi connectivity index (χ0) is 0. The van der Waals surface area contributed by atoms with Crippen molar-refractivity contribution >= 4 is 67.0 Å². The van der Waals surface area contributed by atoms with Gasteiger partial charge in [0.15, 0.2) is 17.4 Å². The van der Waals surface area contributed by atoms with E-state index in [0.29, 0.717) is 0 Å². The van der Waals surface area contributed by atoms with E-state index in [1.165, 1.54) is 0 Å². The van der Waals surface area contributed by atoms with Crippen LogP contribution in [0.1, 0.15) is 7.13 Å². The van der Waals surface area contributed by atoms with Gasteiger partial charge in [-0.3, -0.25) is 0 Å². The zero-order valence-electron chi connectivity index (χ0n) is 11.1. The van der Waals surface area contributed by atoms with Gasteiger partial charge in [-0.25, -0.2) is 0 Å². The van der Waals surface area contributed by atoms with E-state index in [4.69, 9.17) is 0 Å². The SMILES string of the molecule is Cl.Cl.Cl.Cl.[AlH3].[H-].[H-].[H-].[H-].[H-].[Li+].[Li+].[Li+].[Li+].[Ti]. The van der Waals surface area contributed by atoms with Crippen LogP contribution in [0.25, 0.3) is 0 Å². The Balaban J connectivity index is 0. The van der Waals surface area contributed by atoms with E-state index in [1.54, 1.807) is 0 Å². The van der Waals surface area contributed by atoms with Crippen LogP contribution >= 0.6 is 49.6 Å². The Morgan fingerprint density at radius 1 is 0.500 bits per heavy atom. The molecule has 0 nitrogen and oxygen atoms in total. The molecule has 0 spiro atoms. The van der Waals surface area contributed by atoms with E-state index >= 15 is 0 Å². The molecule has 0 aliphatic carbocycles. The summed E-state index contributed by atoms with van der Waals surface area (Å²) in [5.41, 5.74) is 0. The first-order valence-electron chi connectivity index (χ1n) is 0. The van der Waals surface area contributed by atoms with Crippen LogP contribution in [0.2, 0.25) is 0 Å². The molecule has 0 unspecified atom stereocenters. The van der Waals surface area contributed by atoms with E-state index in [-0.39, 0.29) is 171 Å². The van der Waals surface area contributed by atoms with Crippen LogP contribution in [0.5, 0.6) is 0 Å². The van der Waals surface area contributed by atoms with Crippen molar-refractivity contribution in [2.24, 2.45) is 0 Å². The average molecular weight is 257 g/mol. The van der Waals surface area contributed by atoms with Gasteiger partial charge in [-0.15, -0.1) is 49.6 Å². The van der Waals surface area contributed by atoms with E-state index in [1.807, 2.05) is 0 Å². The third kappa shape index (κ3) is 77.4. The Kier molecular flexibility index (Phi) is 1200. The fraction of sp³-hybridized carbons (Fsp3) is 0. The Bertz CT molecular complexity index is 31.0. The molecule has 0 saturated carbocycles. The minimum atomic E-state index is 0. The summed E-state index contributed by atoms with van der Waals surface area (Å²) in [6.45, 7) is 0. The molecule has 0 aromatic carbocycles. The zero-order valence-corrected chi connectivity index (χ0v) is 11.0. The van der Waals surface area contributed by atoms with Gasteiger partial charge in [0.05, 0.1) is 0 Å². The van der Waals surface area contributed by atoms with Gasteiger partial charge in [-0.2, -0.15) is 0 Å². The normalized spacial score (nSPS) is 0. The van der Waals surface area contributed by atoms with Crippen LogP contribution < -0.4 is 75.4 Å². The fourth-order valence-electron chi connectivity index (χ4n) is 0. The minimum absolute atomic E-state index is 0. The molecule has 0 fully saturated rings. The van der Waals surface area contributed by atoms with Crippen molar-refractivity contribution in [3.8, 4) is 0 Å². The van der Waals surface area contributed by atoms with Crippen molar-refractivity contribution in [2.75, 3.05) is 0 Å². The number of halogens is 4. The fourth-order valence-corrected chi connectivity index (χ4v) is 0. The topological polar surface area (TPSA) is 0 Å². The number of rotatable bonds is 0. The van der Waals surface area contributed by atoms with Gasteiger partial charge in [0.25, 0.3) is 0 Å². The molecular weight excluding hydrogens is 244 g/mol. The Labute approximate surface area is 168 Å². The average Bonchev–Trinajstić information content (AvgIpc) is 0. The molecule has 0 saturated heterocycles. The van der Waals surface area contributed by atoms with Crippen LogP contribution in [0.15, 0.2) is 0 Å². The van der Waals surface area contributed by atoms with E-state index in [0.717, 1.165) is 0 Å². The Morgan fingerprint density at radius 2 is 0.500 bits per heavy atom. The molecule has 0 rings (SSSR count). The molecule has 0 radical (unpaired) electrons. The maximum atomic E-state index is 0. The minimum Gasteiger partial charge on any atom is -1.00 e. The quantitative estimate of drug-likeness (QED) is 0.378. The van der Waals surface area contributed by atoms with Crippen molar-refractivity contribution in [1.29, 1.82) is 0 Å². The molecule has 0 amide bonds. The molecule has 52 valence electrons. The first-order valence-corrected chi connectivity index (χ1v) is 0. The summed E-state index contributed by atoms with van der Waals surface area (Å²) in [6, 6.07) is 0. The van der Waals surface area contributed by atoms with Gasteiger partial charge >= 0.3 is 75.4 Å². The van der Waals surface area contributed by atoms with Crippen molar-refractivity contribution in [1.82, 2.24) is 0 Å². The molecule has 10 heavy (non-hydrogen) atoms. The van der Waals surface area contributed by atoms with Gasteiger partial charge in [0, 0.05) is 21.7 Å². The maximum Gasteiger partial charge on any atom is 1.00 e. The second kappa shape index (κ2) is 98.2. The number of hydrogen-bond acceptors (Lipinski definition) is 0. The van der Waals surface area contributed by atoms with E-state index < -0.39 is 0 Å². The summed E-state index contributed by atoms with van der Waals surface area (Å²) in [6.07, 6.45) is 0. The maximum absolute atomic E-state index is 0. The van der Waals surface area contributed by atoms with E-state index in [2.05, 4.69) is 0 Å². The smallest absolute Gasteiger partial charge is 1.00 e. The summed E-state index contributed by atoms with van der Waals surface area (Å²) in [5, 5.41) is 0. The molecule has 0 aliphatic heterocycles. The van der Waals surface area contributed by atoms with Crippen LogP contribution in [-0.4, -0.2) is 17.4 Å². The molecule has 0 aromatic rings. The second-order valence-electron chi connectivity index (χ2n) is 0. The van der Waals surface area contributed by atoms with Gasteiger partial charge in [-0.05, 0) is 0 Å². The van der Waals surface area contributed by atoms with Gasteiger partial charge in [-0.1, -0.05) is 0 Å². The first kappa shape index (κ1) is 122. The second-order valence-corrected chi connectivity index (χ2v) is 0. The molecule has 0 aromatic heterocycles. The summed E-state index contributed by atoms with van der Waals surface area (Å²) in [5.74, 6) is 0. The molecular formula is H12AlCl4Li4Ti-. The molecule has 0 heterocycles. The predicted molar refractivity (Wildman–Crippen MR) is 44.5 cm³/mol. The summed E-state index contributed by atoms with van der Waals surface area (Å²) < 4.78 is 0. The molecule has 0 aliphatic rings. The Morgan fingerprint density at radius 3 is 0.500 bits per heavy atom. The Hall–Kier alpha value is 4.80. The predicted octanol–water partition coefficient (Wildman–Crippen LogP) is -10.9. The van der Waals surface area contributed by atoms with Crippen molar-refractivity contribution < 1.29 is 104 Å². The summed E-state index contributed by atoms with van der Waals surface area (Å²) in [4.78, 5) is 0. The van der Waals surface area contributed by atoms with Gasteiger partial charge in [0.1, 0.15) is 0 Å². The van der Waals surface area contributed by atoms with Crippen molar-refractivity contribution in [2.45, 2.75) is 0 Å². The van der Waals surface area contributed by atoms with Crippen LogP contribution in [0, 0.1) is 0 Å². The molecule has 10 heteroatoms. The summed E-state index contributed by atoms with van der Waals surface area (Å²) in [7, 11) is 0. The summed E-state index contributed by atoms with van der Waals surface area (Å²) >= 11 is 0. The molecule has 0 N–H and O–H groups in total. The molecule has 0 atom stereocenters. The molecule has 0 bridgehead atoms. The van der Waals surface area contributed by atoms with Crippen LogP contribution in [0.3, 0.4) is 0 Å². The number of hydrogen-bond donors (Lipinski definition) is 0. The van der Waals surface area contributed by atoms with Crippen LogP contribution in [0.4, 0.5) is 0 Å². The third-order valence-electron chi connectivity index (χ3n) is 0. The van der Waals surface area contributed by atoms with Gasteiger partial charge < -0.3 is 7.13 Å². The monoisotopic (exact) mass is 255 g/mol. The van der Waals surface area contributed by atoms with E-state index in [9.17, 15) is 0 Å². The van der Waals surface area contributed by atoms with Crippen LogP contribution in [-0.2, 0) is 21.7 Å². The standard InChI is InChI=1S/Al.4ClH.4Li.Ti.8H/h;4*1H;;;;;;;;;;;;;/q;;;;;4*+1;;;;;5*-1.